The maximum atomic E-state index is 2.66. The van der Waals surface area contributed by atoms with E-state index in [1.54, 1.807) is 5.56 Å². The van der Waals surface area contributed by atoms with Gasteiger partial charge in [-0.2, -0.15) is 0 Å². The van der Waals surface area contributed by atoms with E-state index < -0.39 is 0 Å². The lowest BCUT2D eigenvalue weighted by Gasteiger charge is -2.39. The monoisotopic (exact) mass is 388 g/mol. The van der Waals surface area contributed by atoms with E-state index in [0.717, 1.165) is 11.3 Å². The predicted octanol–water partition coefficient (Wildman–Crippen LogP) is 8.40. The Kier molecular flexibility index (Phi) is 5.68. The maximum Gasteiger partial charge on any atom is -0.00147 e. The van der Waals surface area contributed by atoms with E-state index >= 15 is 0 Å². The smallest absolute Gasteiger partial charge is 0.00147 e. The molecule has 3 aliphatic carbocycles. The molecule has 5 rings (SSSR count). The third-order valence-electron chi connectivity index (χ3n) is 7.23. The first-order valence-electron chi connectivity index (χ1n) is 11.6. The highest BCUT2D eigenvalue weighted by atomic mass is 31.1. The number of hydrogen-bond acceptors (Lipinski definition) is 0. The average Bonchev–Trinajstić information content (AvgIpc) is 3.20. The molecule has 146 valence electrons. The van der Waals surface area contributed by atoms with Crippen LogP contribution in [0.25, 0.3) is 17.2 Å². The van der Waals surface area contributed by atoms with Crippen LogP contribution in [0.3, 0.4) is 0 Å². The van der Waals surface area contributed by atoms with Gasteiger partial charge in [-0.3, -0.25) is 0 Å². The van der Waals surface area contributed by atoms with Crippen molar-refractivity contribution in [1.82, 2.24) is 0 Å². The van der Waals surface area contributed by atoms with Crippen LogP contribution in [0.2, 0.25) is 0 Å². The molecule has 3 aliphatic rings. The van der Waals surface area contributed by atoms with E-state index in [1.807, 2.05) is 5.31 Å². The largest absolute Gasteiger partial charge is 0.0730 e. The van der Waals surface area contributed by atoms with Gasteiger partial charge in [0.25, 0.3) is 0 Å². The number of hydrogen-bond donors (Lipinski definition) is 0. The van der Waals surface area contributed by atoms with Gasteiger partial charge in [0.1, 0.15) is 0 Å². The van der Waals surface area contributed by atoms with Crippen LogP contribution in [0.5, 0.6) is 0 Å². The normalized spacial score (nSPS) is 21.0. The Morgan fingerprint density at radius 2 is 1.29 bits per heavy atom. The van der Waals surface area contributed by atoms with Gasteiger partial charge >= 0.3 is 0 Å². The van der Waals surface area contributed by atoms with Gasteiger partial charge in [-0.25, -0.2) is 0 Å². The molecular weight excluding hydrogens is 355 g/mol. The first-order chi connectivity index (χ1) is 13.9. The lowest BCUT2D eigenvalue weighted by atomic mass is 9.97. The van der Waals surface area contributed by atoms with E-state index in [0.29, 0.717) is 0 Å². The van der Waals surface area contributed by atoms with Crippen LogP contribution in [-0.2, 0) is 6.42 Å². The van der Waals surface area contributed by atoms with Crippen LogP contribution in [-0.4, -0.2) is 11.3 Å². The summed E-state index contributed by atoms with van der Waals surface area (Å²) in [5.41, 5.74) is 7.94. The van der Waals surface area contributed by atoms with Gasteiger partial charge in [0.2, 0.25) is 0 Å². The highest BCUT2D eigenvalue weighted by Crippen LogP contribution is 2.63. The van der Waals surface area contributed by atoms with Gasteiger partial charge in [-0.05, 0) is 71.0 Å². The molecule has 0 radical (unpaired) electrons. The summed E-state index contributed by atoms with van der Waals surface area (Å²) in [5, 5.41) is 1.84. The van der Waals surface area contributed by atoms with Crippen molar-refractivity contribution in [3.63, 3.8) is 0 Å². The zero-order valence-electron chi connectivity index (χ0n) is 17.1. The Balaban J connectivity index is 1.50. The Labute approximate surface area is 172 Å². The first-order valence-corrected chi connectivity index (χ1v) is 13.0. The van der Waals surface area contributed by atoms with Crippen molar-refractivity contribution >= 4 is 14.0 Å². The van der Waals surface area contributed by atoms with Crippen molar-refractivity contribution in [2.45, 2.75) is 81.9 Å². The van der Waals surface area contributed by atoms with Crippen molar-refractivity contribution in [2.24, 2.45) is 0 Å². The van der Waals surface area contributed by atoms with Gasteiger partial charge < -0.3 is 0 Å². The van der Waals surface area contributed by atoms with E-state index in [2.05, 4.69) is 54.6 Å². The second-order valence-corrected chi connectivity index (χ2v) is 11.9. The fourth-order valence-electron chi connectivity index (χ4n) is 5.87. The van der Waals surface area contributed by atoms with Gasteiger partial charge in [0, 0.05) is 0 Å². The molecule has 0 nitrogen and oxygen atoms in total. The number of benzene rings is 2. The number of fused-ring (bicyclic) bond motifs is 1. The molecule has 2 fully saturated rings. The van der Waals surface area contributed by atoms with Gasteiger partial charge in [-0.15, -0.1) is 0 Å². The van der Waals surface area contributed by atoms with E-state index in [-0.39, 0.29) is 7.92 Å². The van der Waals surface area contributed by atoms with E-state index in [4.69, 9.17) is 0 Å². The Bertz CT molecular complexity index is 805. The molecule has 0 saturated heterocycles. The summed E-state index contributed by atoms with van der Waals surface area (Å²) < 4.78 is 0. The van der Waals surface area contributed by atoms with Crippen molar-refractivity contribution in [1.29, 1.82) is 0 Å². The summed E-state index contributed by atoms with van der Waals surface area (Å²) in [4.78, 5) is 0. The maximum absolute atomic E-state index is 2.66. The lowest BCUT2D eigenvalue weighted by molar-refractivity contribution is 0.486. The number of allylic oxidation sites excluding steroid dienone is 1. The molecule has 0 aromatic heterocycles. The topological polar surface area (TPSA) is 0 Å². The van der Waals surface area contributed by atoms with E-state index in [1.165, 1.54) is 87.3 Å². The summed E-state index contributed by atoms with van der Waals surface area (Å²) in [6, 6.07) is 18.0. The first kappa shape index (κ1) is 18.6. The minimum atomic E-state index is 0.0354. The summed E-state index contributed by atoms with van der Waals surface area (Å²) in [5.74, 6) is 0. The second kappa shape index (κ2) is 8.54. The van der Waals surface area contributed by atoms with Crippen LogP contribution >= 0.6 is 7.92 Å². The molecule has 0 bridgehead atoms. The van der Waals surface area contributed by atoms with Crippen LogP contribution < -0.4 is 0 Å². The molecule has 0 N–H and O–H groups in total. The molecular formula is C27H33P. The van der Waals surface area contributed by atoms with Crippen molar-refractivity contribution in [2.75, 3.05) is 0 Å². The lowest BCUT2D eigenvalue weighted by Crippen LogP contribution is -2.21. The third kappa shape index (κ3) is 3.73. The van der Waals surface area contributed by atoms with Gasteiger partial charge in [0.05, 0.1) is 0 Å². The van der Waals surface area contributed by atoms with Gasteiger partial charge in [0.15, 0.2) is 0 Å². The Morgan fingerprint density at radius 3 is 1.93 bits per heavy atom. The Morgan fingerprint density at radius 1 is 0.643 bits per heavy atom. The molecule has 0 spiro atoms. The molecule has 2 saturated carbocycles. The zero-order valence-corrected chi connectivity index (χ0v) is 18.0. The predicted molar refractivity (Wildman–Crippen MR) is 124 cm³/mol. The molecule has 2 aromatic rings. The van der Waals surface area contributed by atoms with Crippen LogP contribution in [0.15, 0.2) is 53.8 Å². The fraction of sp³-hybridized carbons (Fsp3) is 0.481. The highest BCUT2D eigenvalue weighted by molar-refractivity contribution is 7.63. The summed E-state index contributed by atoms with van der Waals surface area (Å²) in [7, 11) is 0.0354. The van der Waals surface area contributed by atoms with E-state index in [9.17, 15) is 0 Å². The summed E-state index contributed by atoms with van der Waals surface area (Å²) in [6.07, 6.45) is 18.8. The van der Waals surface area contributed by atoms with Gasteiger partial charge in [-0.1, -0.05) is 101 Å². The SMILES string of the molecule is C1=C(P(C2CCCCC2)C2CCCCC2)Cc2cccc(-c3ccccc3)c21. The Hall–Kier alpha value is -1.39. The number of rotatable bonds is 4. The minimum Gasteiger partial charge on any atom is -0.0730 e. The highest BCUT2D eigenvalue weighted by Gasteiger charge is 2.35. The molecule has 0 heterocycles. The molecule has 2 aromatic carbocycles. The molecule has 0 amide bonds. The van der Waals surface area contributed by atoms with Crippen molar-refractivity contribution < 1.29 is 0 Å². The third-order valence-corrected chi connectivity index (χ3v) is 10.8. The molecule has 28 heavy (non-hydrogen) atoms. The van der Waals surface area contributed by atoms with Crippen LogP contribution in [0, 0.1) is 0 Å². The molecule has 0 atom stereocenters. The fourth-order valence-corrected chi connectivity index (χ4v) is 9.88. The zero-order chi connectivity index (χ0) is 18.8. The standard InChI is InChI=1S/C27H33P/c1-4-11-21(12-5-1)26-18-10-13-22-19-25(20-27(22)26)28(23-14-6-2-7-15-23)24-16-8-3-9-17-24/h1,4-5,10-13,18,20,23-24H,2-3,6-9,14-17,19H2. The van der Waals surface area contributed by atoms with Crippen LogP contribution in [0.4, 0.5) is 0 Å². The molecule has 0 aliphatic heterocycles. The summed E-state index contributed by atoms with van der Waals surface area (Å²) >= 11 is 0. The summed E-state index contributed by atoms with van der Waals surface area (Å²) in [6.45, 7) is 0. The minimum absolute atomic E-state index is 0.0354. The molecule has 1 heteroatoms. The van der Waals surface area contributed by atoms with Crippen molar-refractivity contribution in [3.8, 4) is 11.1 Å². The van der Waals surface area contributed by atoms with Crippen LogP contribution in [0.1, 0.15) is 75.3 Å². The van der Waals surface area contributed by atoms with Crippen molar-refractivity contribution in [3.05, 3.63) is 65.0 Å². The second-order valence-electron chi connectivity index (χ2n) is 9.05. The quantitative estimate of drug-likeness (QED) is 0.461. The molecule has 0 unspecified atom stereocenters. The average molecular weight is 389 g/mol.